The first kappa shape index (κ1) is 24.7. The summed E-state index contributed by atoms with van der Waals surface area (Å²) in [7, 11) is 1.44. The van der Waals surface area contributed by atoms with Crippen molar-refractivity contribution in [1.29, 1.82) is 5.26 Å². The van der Waals surface area contributed by atoms with Crippen LogP contribution in [0.3, 0.4) is 0 Å². The molecule has 2 N–H and O–H groups in total. The smallest absolute Gasteiger partial charge is 0.343 e. The van der Waals surface area contributed by atoms with Crippen LogP contribution in [-0.2, 0) is 9.59 Å². The summed E-state index contributed by atoms with van der Waals surface area (Å²) in [6, 6.07) is 19.9. The van der Waals surface area contributed by atoms with Crippen molar-refractivity contribution in [2.24, 2.45) is 5.10 Å². The number of ether oxygens (including phenoxy) is 2. The van der Waals surface area contributed by atoms with Gasteiger partial charge in [-0.3, -0.25) is 9.59 Å². The number of nitriles is 1. The molecule has 9 heteroatoms. The Bertz CT molecular complexity index is 1340. The molecule has 9 nitrogen and oxygen atoms in total. The van der Waals surface area contributed by atoms with Gasteiger partial charge in [0.1, 0.15) is 0 Å². The van der Waals surface area contributed by atoms with Crippen LogP contribution in [0, 0.1) is 18.3 Å². The van der Waals surface area contributed by atoms with Gasteiger partial charge in [0.25, 0.3) is 0 Å². The number of carbonyl (C=O) groups is 3. The van der Waals surface area contributed by atoms with Gasteiger partial charge >= 0.3 is 17.8 Å². The van der Waals surface area contributed by atoms with Crippen LogP contribution in [0.4, 0.5) is 5.69 Å². The predicted molar refractivity (Wildman–Crippen MR) is 129 cm³/mol. The molecule has 0 aromatic heterocycles. The molecule has 0 unspecified atom stereocenters. The van der Waals surface area contributed by atoms with Gasteiger partial charge in [0, 0.05) is 11.3 Å². The summed E-state index contributed by atoms with van der Waals surface area (Å²) in [6.07, 6.45) is 0. The maximum Gasteiger partial charge on any atom is 0.343 e. The molecule has 0 fully saturated rings. The first-order valence-corrected chi connectivity index (χ1v) is 10.4. The molecule has 0 atom stereocenters. The monoisotopic (exact) mass is 470 g/mol. The number of esters is 1. The molecule has 2 amide bonds. The zero-order valence-corrected chi connectivity index (χ0v) is 19.3. The zero-order chi connectivity index (χ0) is 25.4. The Hall–Kier alpha value is -4.97. The Balaban J connectivity index is 1.66. The van der Waals surface area contributed by atoms with E-state index in [4.69, 9.17) is 14.7 Å². The van der Waals surface area contributed by atoms with Crippen molar-refractivity contribution in [2.45, 2.75) is 13.8 Å². The highest BCUT2D eigenvalue weighted by atomic mass is 16.6. The average molecular weight is 470 g/mol. The van der Waals surface area contributed by atoms with E-state index in [1.54, 1.807) is 37.3 Å². The minimum atomic E-state index is -0.968. The molecule has 0 bridgehead atoms. The third-order valence-corrected chi connectivity index (χ3v) is 4.95. The lowest BCUT2D eigenvalue weighted by molar-refractivity contribution is -0.136. The molecule has 0 spiro atoms. The molecular weight excluding hydrogens is 448 g/mol. The standard InChI is InChI=1S/C26H22N4O5/c1-16-6-4-5-7-21(16)26(33)35-22-13-10-19(14-23(22)34-3)17(2)29-30-25(32)24(31)28-20-11-8-18(15-27)9-12-20/h4-14H,1-3H3,(H,28,31)(H,30,32). The quantitative estimate of drug-likeness (QED) is 0.186. The molecule has 0 aliphatic rings. The highest BCUT2D eigenvalue weighted by Gasteiger charge is 2.16. The van der Waals surface area contributed by atoms with Crippen molar-refractivity contribution in [3.8, 4) is 17.6 Å². The Kier molecular flexibility index (Phi) is 7.93. The number of hydrazone groups is 1. The van der Waals surface area contributed by atoms with E-state index in [-0.39, 0.29) is 5.75 Å². The molecule has 35 heavy (non-hydrogen) atoms. The number of benzene rings is 3. The highest BCUT2D eigenvalue weighted by Crippen LogP contribution is 2.29. The summed E-state index contributed by atoms with van der Waals surface area (Å²) in [5.74, 6) is -1.88. The van der Waals surface area contributed by atoms with E-state index < -0.39 is 17.8 Å². The third-order valence-electron chi connectivity index (χ3n) is 4.95. The van der Waals surface area contributed by atoms with Gasteiger partial charge in [-0.05, 0) is 67.9 Å². The molecule has 0 radical (unpaired) electrons. The van der Waals surface area contributed by atoms with Crippen LogP contribution in [-0.4, -0.2) is 30.6 Å². The van der Waals surface area contributed by atoms with Crippen LogP contribution >= 0.6 is 0 Å². The first-order chi connectivity index (χ1) is 16.8. The third kappa shape index (κ3) is 6.30. The largest absolute Gasteiger partial charge is 0.493 e. The second-order valence-corrected chi connectivity index (χ2v) is 7.35. The van der Waals surface area contributed by atoms with E-state index in [2.05, 4.69) is 15.8 Å². The molecule has 3 aromatic rings. The highest BCUT2D eigenvalue weighted by molar-refractivity contribution is 6.39. The molecular formula is C26H22N4O5. The molecule has 0 aliphatic carbocycles. The Morgan fingerprint density at radius 1 is 0.943 bits per heavy atom. The molecule has 0 heterocycles. The van der Waals surface area contributed by atoms with Crippen LogP contribution in [0.15, 0.2) is 71.8 Å². The molecule has 176 valence electrons. The Labute approximate surface area is 202 Å². The Morgan fingerprint density at radius 3 is 2.31 bits per heavy atom. The predicted octanol–water partition coefficient (Wildman–Crippen LogP) is 3.57. The minimum Gasteiger partial charge on any atom is -0.493 e. The SMILES string of the molecule is COc1cc(C(C)=NNC(=O)C(=O)Nc2ccc(C#N)cc2)ccc1OC(=O)c1ccccc1C. The summed E-state index contributed by atoms with van der Waals surface area (Å²) in [4.78, 5) is 36.7. The number of hydrogen-bond acceptors (Lipinski definition) is 7. The number of aryl methyl sites for hydroxylation is 1. The van der Waals surface area contributed by atoms with Gasteiger partial charge < -0.3 is 14.8 Å². The van der Waals surface area contributed by atoms with Crippen molar-refractivity contribution >= 4 is 29.2 Å². The van der Waals surface area contributed by atoms with E-state index in [9.17, 15) is 14.4 Å². The van der Waals surface area contributed by atoms with Gasteiger partial charge in [0.15, 0.2) is 11.5 Å². The maximum absolute atomic E-state index is 12.5. The van der Waals surface area contributed by atoms with Crippen molar-refractivity contribution in [2.75, 3.05) is 12.4 Å². The summed E-state index contributed by atoms with van der Waals surface area (Å²) < 4.78 is 10.8. The van der Waals surface area contributed by atoms with Crippen molar-refractivity contribution < 1.29 is 23.9 Å². The van der Waals surface area contributed by atoms with Crippen molar-refractivity contribution in [3.63, 3.8) is 0 Å². The molecule has 0 saturated heterocycles. The maximum atomic E-state index is 12.5. The van der Waals surface area contributed by atoms with Gasteiger partial charge in [0.2, 0.25) is 0 Å². The van der Waals surface area contributed by atoms with Crippen molar-refractivity contribution in [3.05, 3.63) is 89.0 Å². The first-order valence-electron chi connectivity index (χ1n) is 10.4. The van der Waals surface area contributed by atoms with Crippen LogP contribution in [0.2, 0.25) is 0 Å². The van der Waals surface area contributed by atoms with Gasteiger partial charge in [-0.2, -0.15) is 10.4 Å². The normalized spacial score (nSPS) is 10.6. The average Bonchev–Trinajstić information content (AvgIpc) is 2.87. The number of nitrogens with one attached hydrogen (secondary N) is 2. The minimum absolute atomic E-state index is 0.225. The summed E-state index contributed by atoms with van der Waals surface area (Å²) in [5.41, 5.74) is 5.18. The number of hydrogen-bond donors (Lipinski definition) is 2. The number of amides is 2. The van der Waals surface area contributed by atoms with Crippen LogP contribution in [0.5, 0.6) is 11.5 Å². The van der Waals surface area contributed by atoms with E-state index in [0.29, 0.717) is 33.8 Å². The molecule has 3 aromatic carbocycles. The fraction of sp³-hybridized carbons (Fsp3) is 0.115. The number of anilines is 1. The van der Waals surface area contributed by atoms with E-state index in [1.807, 2.05) is 25.1 Å². The number of rotatable bonds is 6. The molecule has 0 aliphatic heterocycles. The molecule has 3 rings (SSSR count). The fourth-order valence-corrected chi connectivity index (χ4v) is 3.00. The van der Waals surface area contributed by atoms with Crippen LogP contribution in [0.25, 0.3) is 0 Å². The zero-order valence-electron chi connectivity index (χ0n) is 19.3. The van der Waals surface area contributed by atoms with E-state index >= 15 is 0 Å². The summed E-state index contributed by atoms with van der Waals surface area (Å²) in [5, 5.41) is 15.2. The summed E-state index contributed by atoms with van der Waals surface area (Å²) in [6.45, 7) is 3.45. The summed E-state index contributed by atoms with van der Waals surface area (Å²) >= 11 is 0. The number of nitrogens with zero attached hydrogens (tertiary/aromatic N) is 2. The fourth-order valence-electron chi connectivity index (χ4n) is 3.00. The van der Waals surface area contributed by atoms with Gasteiger partial charge in [-0.1, -0.05) is 18.2 Å². The number of carbonyl (C=O) groups excluding carboxylic acids is 3. The van der Waals surface area contributed by atoms with Gasteiger partial charge in [-0.25, -0.2) is 10.2 Å². The van der Waals surface area contributed by atoms with E-state index in [0.717, 1.165) is 5.56 Å². The molecule has 0 saturated carbocycles. The number of methoxy groups -OCH3 is 1. The second-order valence-electron chi connectivity index (χ2n) is 7.35. The van der Waals surface area contributed by atoms with Crippen LogP contribution in [0.1, 0.15) is 34.0 Å². The lowest BCUT2D eigenvalue weighted by Crippen LogP contribution is -2.32. The van der Waals surface area contributed by atoms with Gasteiger partial charge in [0.05, 0.1) is 30.0 Å². The topological polar surface area (TPSA) is 130 Å². The Morgan fingerprint density at radius 2 is 1.66 bits per heavy atom. The van der Waals surface area contributed by atoms with Crippen LogP contribution < -0.4 is 20.2 Å². The van der Waals surface area contributed by atoms with Gasteiger partial charge in [-0.15, -0.1) is 0 Å². The van der Waals surface area contributed by atoms with E-state index in [1.165, 1.54) is 31.4 Å². The lowest BCUT2D eigenvalue weighted by Gasteiger charge is -2.12. The second kappa shape index (κ2) is 11.2. The van der Waals surface area contributed by atoms with Crippen molar-refractivity contribution in [1.82, 2.24) is 5.43 Å². The lowest BCUT2D eigenvalue weighted by atomic mass is 10.1.